The van der Waals surface area contributed by atoms with E-state index in [1.54, 1.807) is 24.0 Å². The first kappa shape index (κ1) is 26.2. The summed E-state index contributed by atoms with van der Waals surface area (Å²) in [6.07, 6.45) is 3.99. The van der Waals surface area contributed by atoms with E-state index < -0.39 is 0 Å². The Morgan fingerprint density at radius 1 is 1.10 bits per heavy atom. The number of amides is 1. The van der Waals surface area contributed by atoms with E-state index in [1.165, 1.54) is 0 Å². The lowest BCUT2D eigenvalue weighted by Gasteiger charge is -2.31. The molecular weight excluding hydrogens is 495 g/mol. The van der Waals surface area contributed by atoms with Gasteiger partial charge in [0.05, 0.1) is 24.1 Å². The fourth-order valence-corrected chi connectivity index (χ4v) is 3.72. The standard InChI is InChI=1S/C22H34N4O3.HI/c1-5-23-21(25-16-22(13-7-8-14-22)20(28)26(3)4)24-15-17-9-11-18(12-10-17)19(27)29-6-2;/h9-12H,5-8,13-16H2,1-4H3,(H2,23,24,25);1H. The van der Waals surface area contributed by atoms with Gasteiger partial charge in [0.15, 0.2) is 5.96 Å². The van der Waals surface area contributed by atoms with E-state index in [0.29, 0.717) is 31.2 Å². The zero-order valence-electron chi connectivity index (χ0n) is 18.5. The minimum atomic E-state index is -0.346. The summed E-state index contributed by atoms with van der Waals surface area (Å²) < 4.78 is 5.01. The second-order valence-electron chi connectivity index (χ2n) is 7.65. The highest BCUT2D eigenvalue weighted by Crippen LogP contribution is 2.38. The van der Waals surface area contributed by atoms with Gasteiger partial charge in [-0.3, -0.25) is 4.79 Å². The number of carbonyl (C=O) groups is 2. The largest absolute Gasteiger partial charge is 0.462 e. The number of ether oxygens (including phenoxy) is 1. The van der Waals surface area contributed by atoms with Crippen molar-refractivity contribution in [3.63, 3.8) is 0 Å². The SMILES string of the molecule is CCNC(=NCc1ccc(C(=O)OCC)cc1)NCC1(C(=O)N(C)C)CCCC1.I. The Kier molecular flexibility index (Phi) is 11.1. The minimum Gasteiger partial charge on any atom is -0.462 e. The van der Waals surface area contributed by atoms with Crippen LogP contribution in [0, 0.1) is 5.41 Å². The molecule has 1 fully saturated rings. The van der Waals surface area contributed by atoms with E-state index in [9.17, 15) is 9.59 Å². The first-order chi connectivity index (χ1) is 13.9. The molecule has 0 saturated heterocycles. The van der Waals surface area contributed by atoms with Crippen LogP contribution in [0.2, 0.25) is 0 Å². The monoisotopic (exact) mass is 530 g/mol. The molecule has 1 aromatic rings. The van der Waals surface area contributed by atoms with Crippen LogP contribution >= 0.6 is 24.0 Å². The molecule has 0 bridgehead atoms. The molecule has 2 N–H and O–H groups in total. The number of nitrogens with one attached hydrogen (secondary N) is 2. The number of carbonyl (C=O) groups excluding carboxylic acids is 2. The molecule has 1 aliphatic carbocycles. The fraction of sp³-hybridized carbons (Fsp3) is 0.591. The first-order valence-electron chi connectivity index (χ1n) is 10.4. The minimum absolute atomic E-state index is 0. The maximum Gasteiger partial charge on any atom is 0.338 e. The molecule has 0 heterocycles. The third-order valence-corrected chi connectivity index (χ3v) is 5.24. The quantitative estimate of drug-likeness (QED) is 0.234. The van der Waals surface area contributed by atoms with E-state index in [0.717, 1.165) is 37.8 Å². The van der Waals surface area contributed by atoms with Crippen molar-refractivity contribution in [2.24, 2.45) is 10.4 Å². The van der Waals surface area contributed by atoms with Crippen molar-refractivity contribution in [1.29, 1.82) is 0 Å². The van der Waals surface area contributed by atoms with Gasteiger partial charge in [0, 0.05) is 27.2 Å². The molecule has 8 heteroatoms. The number of rotatable bonds is 8. The van der Waals surface area contributed by atoms with E-state index in [2.05, 4.69) is 15.6 Å². The van der Waals surface area contributed by atoms with Crippen LogP contribution < -0.4 is 10.6 Å². The summed E-state index contributed by atoms with van der Waals surface area (Å²) in [5.74, 6) is 0.567. The summed E-state index contributed by atoms with van der Waals surface area (Å²) in [6, 6.07) is 7.28. The molecule has 30 heavy (non-hydrogen) atoms. The van der Waals surface area contributed by atoms with E-state index in [1.807, 2.05) is 33.2 Å². The number of hydrogen-bond donors (Lipinski definition) is 2. The summed E-state index contributed by atoms with van der Waals surface area (Å²) >= 11 is 0. The van der Waals surface area contributed by atoms with Crippen molar-refractivity contribution in [2.75, 3.05) is 33.8 Å². The van der Waals surface area contributed by atoms with Gasteiger partial charge in [0.25, 0.3) is 0 Å². The molecule has 0 spiro atoms. The highest BCUT2D eigenvalue weighted by molar-refractivity contribution is 14.0. The second kappa shape index (κ2) is 12.8. The van der Waals surface area contributed by atoms with Crippen molar-refractivity contribution < 1.29 is 14.3 Å². The smallest absolute Gasteiger partial charge is 0.338 e. The Hall–Kier alpha value is -1.84. The van der Waals surface area contributed by atoms with Gasteiger partial charge in [-0.1, -0.05) is 25.0 Å². The van der Waals surface area contributed by atoms with Gasteiger partial charge in [0.1, 0.15) is 0 Å². The van der Waals surface area contributed by atoms with Gasteiger partial charge < -0.3 is 20.3 Å². The number of nitrogens with zero attached hydrogens (tertiary/aromatic N) is 2. The molecule has 1 aliphatic rings. The highest BCUT2D eigenvalue weighted by Gasteiger charge is 2.42. The van der Waals surface area contributed by atoms with Crippen LogP contribution in [-0.4, -0.2) is 56.5 Å². The first-order valence-corrected chi connectivity index (χ1v) is 10.4. The maximum absolute atomic E-state index is 12.7. The predicted molar refractivity (Wildman–Crippen MR) is 130 cm³/mol. The summed E-state index contributed by atoms with van der Waals surface area (Å²) in [7, 11) is 3.64. The molecule has 1 saturated carbocycles. The zero-order valence-corrected chi connectivity index (χ0v) is 20.8. The van der Waals surface area contributed by atoms with Crippen LogP contribution in [0.4, 0.5) is 0 Å². The van der Waals surface area contributed by atoms with Crippen molar-refractivity contribution in [1.82, 2.24) is 15.5 Å². The molecule has 2 rings (SSSR count). The Labute approximate surface area is 197 Å². The Morgan fingerprint density at radius 3 is 2.27 bits per heavy atom. The maximum atomic E-state index is 12.7. The Bertz CT molecular complexity index is 714. The van der Waals surface area contributed by atoms with Crippen LogP contribution in [0.5, 0.6) is 0 Å². The van der Waals surface area contributed by atoms with Crippen LogP contribution in [-0.2, 0) is 16.1 Å². The van der Waals surface area contributed by atoms with Gasteiger partial charge in [-0.05, 0) is 44.4 Å². The van der Waals surface area contributed by atoms with Crippen molar-refractivity contribution in [3.8, 4) is 0 Å². The lowest BCUT2D eigenvalue weighted by molar-refractivity contribution is -0.138. The molecule has 0 atom stereocenters. The van der Waals surface area contributed by atoms with Gasteiger partial charge in [-0.25, -0.2) is 9.79 Å². The number of guanidine groups is 1. The lowest BCUT2D eigenvalue weighted by atomic mass is 9.84. The second-order valence-corrected chi connectivity index (χ2v) is 7.65. The number of aliphatic imine (C=N–C) groups is 1. The molecule has 1 amide bonds. The van der Waals surface area contributed by atoms with Gasteiger partial charge >= 0.3 is 5.97 Å². The number of esters is 1. The number of benzene rings is 1. The van der Waals surface area contributed by atoms with E-state index >= 15 is 0 Å². The van der Waals surface area contributed by atoms with Crippen LogP contribution in [0.1, 0.15) is 55.5 Å². The van der Waals surface area contributed by atoms with E-state index in [-0.39, 0.29) is 41.3 Å². The average Bonchev–Trinajstić information content (AvgIpc) is 3.20. The molecular formula is C22H35IN4O3. The lowest BCUT2D eigenvalue weighted by Crippen LogP contribution is -2.49. The molecule has 0 unspecified atom stereocenters. The normalized spacial score (nSPS) is 15.1. The van der Waals surface area contributed by atoms with Crippen LogP contribution in [0.15, 0.2) is 29.3 Å². The molecule has 7 nitrogen and oxygen atoms in total. The van der Waals surface area contributed by atoms with Crippen molar-refractivity contribution >= 4 is 41.8 Å². The van der Waals surface area contributed by atoms with Gasteiger partial charge in [0.2, 0.25) is 5.91 Å². The zero-order chi connectivity index (χ0) is 21.3. The number of halogens is 1. The topological polar surface area (TPSA) is 83.0 Å². The van der Waals surface area contributed by atoms with Crippen molar-refractivity contribution in [2.45, 2.75) is 46.1 Å². The molecule has 168 valence electrons. The van der Waals surface area contributed by atoms with Crippen LogP contribution in [0.25, 0.3) is 0 Å². The van der Waals surface area contributed by atoms with Crippen molar-refractivity contribution in [3.05, 3.63) is 35.4 Å². The molecule has 0 radical (unpaired) electrons. The summed E-state index contributed by atoms with van der Waals surface area (Å²) in [4.78, 5) is 30.8. The summed E-state index contributed by atoms with van der Waals surface area (Å²) in [6.45, 7) is 5.97. The Balaban J connectivity index is 0.00000450. The summed E-state index contributed by atoms with van der Waals surface area (Å²) in [5.41, 5.74) is 1.19. The molecule has 0 aromatic heterocycles. The fourth-order valence-electron chi connectivity index (χ4n) is 3.72. The Morgan fingerprint density at radius 2 is 1.73 bits per heavy atom. The van der Waals surface area contributed by atoms with E-state index in [4.69, 9.17) is 4.74 Å². The highest BCUT2D eigenvalue weighted by atomic mass is 127. The predicted octanol–water partition coefficient (Wildman–Crippen LogP) is 3.19. The van der Waals surface area contributed by atoms with Gasteiger partial charge in [-0.15, -0.1) is 24.0 Å². The third-order valence-electron chi connectivity index (χ3n) is 5.24. The summed E-state index contributed by atoms with van der Waals surface area (Å²) in [5, 5.41) is 6.62. The van der Waals surface area contributed by atoms with Crippen LogP contribution in [0.3, 0.4) is 0 Å². The number of hydrogen-bond acceptors (Lipinski definition) is 4. The van der Waals surface area contributed by atoms with Gasteiger partial charge in [-0.2, -0.15) is 0 Å². The molecule has 1 aromatic carbocycles. The molecule has 0 aliphatic heterocycles. The average molecular weight is 530 g/mol. The third kappa shape index (κ3) is 7.14.